The standard InChI is InChI=1S/C19H23NO2S2/c1-15(24-18-10-8-17(22-2)9-11-18)19(21)20-12-13-23-14-16-6-4-3-5-7-16/h3-11,15H,12-14H2,1-2H3,(H,20,21)/t15-/m0/s1. The highest BCUT2D eigenvalue weighted by atomic mass is 32.2. The van der Waals surface area contributed by atoms with Crippen LogP contribution in [-0.2, 0) is 10.5 Å². The van der Waals surface area contributed by atoms with Crippen molar-refractivity contribution in [1.29, 1.82) is 0 Å². The SMILES string of the molecule is COc1ccc(S[C@@H](C)C(=O)NCCSCc2ccccc2)cc1. The molecule has 0 radical (unpaired) electrons. The zero-order chi connectivity index (χ0) is 17.2. The first-order valence-corrected chi connectivity index (χ1v) is 9.92. The number of carbonyl (C=O) groups excluding carboxylic acids is 1. The molecule has 0 saturated heterocycles. The van der Waals surface area contributed by atoms with Crippen LogP contribution in [0.25, 0.3) is 0 Å². The predicted octanol–water partition coefficient (Wildman–Crippen LogP) is 4.23. The van der Waals surface area contributed by atoms with Gasteiger partial charge in [0.2, 0.25) is 5.91 Å². The minimum Gasteiger partial charge on any atom is -0.497 e. The van der Waals surface area contributed by atoms with Crippen LogP contribution < -0.4 is 10.1 Å². The number of hydrogen-bond acceptors (Lipinski definition) is 4. The molecule has 0 saturated carbocycles. The summed E-state index contributed by atoms with van der Waals surface area (Å²) in [6.45, 7) is 2.63. The van der Waals surface area contributed by atoms with E-state index in [9.17, 15) is 4.79 Å². The number of amides is 1. The number of nitrogens with one attached hydrogen (secondary N) is 1. The number of carbonyl (C=O) groups is 1. The maximum Gasteiger partial charge on any atom is 0.233 e. The first kappa shape index (κ1) is 18.7. The van der Waals surface area contributed by atoms with Gasteiger partial charge < -0.3 is 10.1 Å². The summed E-state index contributed by atoms with van der Waals surface area (Å²) < 4.78 is 5.14. The van der Waals surface area contributed by atoms with Crippen molar-refractivity contribution >= 4 is 29.4 Å². The summed E-state index contributed by atoms with van der Waals surface area (Å²) in [4.78, 5) is 13.2. The van der Waals surface area contributed by atoms with Gasteiger partial charge >= 0.3 is 0 Å². The summed E-state index contributed by atoms with van der Waals surface area (Å²) in [5.74, 6) is 2.80. The van der Waals surface area contributed by atoms with Gasteiger partial charge in [-0.15, -0.1) is 11.8 Å². The Hall–Kier alpha value is -1.59. The van der Waals surface area contributed by atoms with Crippen molar-refractivity contribution in [2.75, 3.05) is 19.4 Å². The minimum atomic E-state index is -0.113. The van der Waals surface area contributed by atoms with Gasteiger partial charge in [0.1, 0.15) is 5.75 Å². The summed E-state index contributed by atoms with van der Waals surface area (Å²) in [7, 11) is 1.65. The molecule has 2 aromatic carbocycles. The van der Waals surface area contributed by atoms with E-state index < -0.39 is 0 Å². The van der Waals surface area contributed by atoms with E-state index >= 15 is 0 Å². The first-order chi connectivity index (χ1) is 11.7. The van der Waals surface area contributed by atoms with Gasteiger partial charge in [-0.1, -0.05) is 30.3 Å². The molecule has 24 heavy (non-hydrogen) atoms. The topological polar surface area (TPSA) is 38.3 Å². The fourth-order valence-electron chi connectivity index (χ4n) is 2.07. The molecule has 0 aliphatic heterocycles. The number of methoxy groups -OCH3 is 1. The molecule has 0 unspecified atom stereocenters. The number of ether oxygens (including phenoxy) is 1. The Balaban J connectivity index is 1.64. The van der Waals surface area contributed by atoms with Crippen molar-refractivity contribution < 1.29 is 9.53 Å². The Labute approximate surface area is 152 Å². The molecule has 5 heteroatoms. The Kier molecular flexibility index (Phi) is 8.05. The molecule has 0 bridgehead atoms. The lowest BCUT2D eigenvalue weighted by Crippen LogP contribution is -2.32. The van der Waals surface area contributed by atoms with Gasteiger partial charge in [0, 0.05) is 22.9 Å². The molecule has 0 aromatic heterocycles. The highest BCUT2D eigenvalue weighted by molar-refractivity contribution is 8.00. The number of rotatable bonds is 9. The molecule has 3 nitrogen and oxygen atoms in total. The fraction of sp³-hybridized carbons (Fsp3) is 0.316. The molecule has 0 aliphatic rings. The van der Waals surface area contributed by atoms with E-state index in [1.165, 1.54) is 5.56 Å². The summed E-state index contributed by atoms with van der Waals surface area (Å²) >= 11 is 3.39. The van der Waals surface area contributed by atoms with Crippen LogP contribution in [-0.4, -0.2) is 30.6 Å². The molecular weight excluding hydrogens is 338 g/mol. The highest BCUT2D eigenvalue weighted by Gasteiger charge is 2.13. The van der Waals surface area contributed by atoms with Crippen LogP contribution in [0.3, 0.4) is 0 Å². The first-order valence-electron chi connectivity index (χ1n) is 7.89. The van der Waals surface area contributed by atoms with Crippen molar-refractivity contribution in [3.8, 4) is 5.75 Å². The second kappa shape index (κ2) is 10.3. The highest BCUT2D eigenvalue weighted by Crippen LogP contribution is 2.25. The van der Waals surface area contributed by atoms with Crippen LogP contribution in [0, 0.1) is 0 Å². The second-order valence-electron chi connectivity index (χ2n) is 5.26. The summed E-state index contributed by atoms with van der Waals surface area (Å²) in [6, 6.07) is 18.1. The van der Waals surface area contributed by atoms with Crippen LogP contribution in [0.15, 0.2) is 59.5 Å². The van der Waals surface area contributed by atoms with E-state index in [1.54, 1.807) is 18.9 Å². The molecule has 128 valence electrons. The molecule has 0 aliphatic carbocycles. The zero-order valence-electron chi connectivity index (χ0n) is 14.0. The van der Waals surface area contributed by atoms with Gasteiger partial charge in [-0.3, -0.25) is 4.79 Å². The lowest BCUT2D eigenvalue weighted by molar-refractivity contribution is -0.120. The van der Waals surface area contributed by atoms with E-state index in [-0.39, 0.29) is 11.2 Å². The van der Waals surface area contributed by atoms with Crippen LogP contribution >= 0.6 is 23.5 Å². The van der Waals surface area contributed by atoms with E-state index in [4.69, 9.17) is 4.74 Å². The van der Waals surface area contributed by atoms with Crippen molar-refractivity contribution in [3.63, 3.8) is 0 Å². The minimum absolute atomic E-state index is 0.0797. The van der Waals surface area contributed by atoms with Gasteiger partial charge in [-0.2, -0.15) is 11.8 Å². The van der Waals surface area contributed by atoms with E-state index in [2.05, 4.69) is 29.6 Å². The largest absolute Gasteiger partial charge is 0.497 e. The smallest absolute Gasteiger partial charge is 0.233 e. The molecule has 2 aromatic rings. The third-order valence-corrected chi connectivity index (χ3v) is 5.54. The molecule has 0 fully saturated rings. The van der Waals surface area contributed by atoms with Crippen LogP contribution in [0.4, 0.5) is 0 Å². The lowest BCUT2D eigenvalue weighted by atomic mass is 10.2. The Morgan fingerprint density at radius 3 is 2.50 bits per heavy atom. The third kappa shape index (κ3) is 6.49. The average Bonchev–Trinajstić information content (AvgIpc) is 2.62. The van der Waals surface area contributed by atoms with Crippen molar-refractivity contribution in [1.82, 2.24) is 5.32 Å². The Bertz CT molecular complexity index is 617. The third-order valence-electron chi connectivity index (χ3n) is 3.40. The van der Waals surface area contributed by atoms with Crippen LogP contribution in [0.5, 0.6) is 5.75 Å². The monoisotopic (exact) mass is 361 g/mol. The Morgan fingerprint density at radius 1 is 1.12 bits per heavy atom. The van der Waals surface area contributed by atoms with Gasteiger partial charge in [0.25, 0.3) is 0 Å². The van der Waals surface area contributed by atoms with Gasteiger partial charge in [0.05, 0.1) is 12.4 Å². The quantitative estimate of drug-likeness (QED) is 0.536. The molecule has 0 spiro atoms. The maximum atomic E-state index is 12.1. The number of hydrogen-bond donors (Lipinski definition) is 1. The summed E-state index contributed by atoms with van der Waals surface area (Å²) in [5, 5.41) is 2.89. The summed E-state index contributed by atoms with van der Waals surface area (Å²) in [6.07, 6.45) is 0. The average molecular weight is 362 g/mol. The molecule has 1 atom stereocenters. The molecular formula is C19H23NO2S2. The maximum absolute atomic E-state index is 12.1. The fourth-order valence-corrected chi connectivity index (χ4v) is 3.78. The van der Waals surface area contributed by atoms with Crippen LogP contribution in [0.2, 0.25) is 0 Å². The normalized spacial score (nSPS) is 11.8. The van der Waals surface area contributed by atoms with E-state index in [0.717, 1.165) is 22.2 Å². The van der Waals surface area contributed by atoms with Gasteiger partial charge in [0.15, 0.2) is 0 Å². The van der Waals surface area contributed by atoms with Crippen molar-refractivity contribution in [2.45, 2.75) is 22.8 Å². The molecule has 2 rings (SSSR count). The zero-order valence-corrected chi connectivity index (χ0v) is 15.7. The predicted molar refractivity (Wildman–Crippen MR) is 104 cm³/mol. The molecule has 1 amide bonds. The molecule has 1 N–H and O–H groups in total. The van der Waals surface area contributed by atoms with Gasteiger partial charge in [-0.05, 0) is 36.8 Å². The van der Waals surface area contributed by atoms with Crippen molar-refractivity contribution in [3.05, 3.63) is 60.2 Å². The summed E-state index contributed by atoms with van der Waals surface area (Å²) in [5.41, 5.74) is 1.32. The number of benzene rings is 2. The van der Waals surface area contributed by atoms with E-state index in [1.807, 2.05) is 49.0 Å². The Morgan fingerprint density at radius 2 is 1.83 bits per heavy atom. The lowest BCUT2D eigenvalue weighted by Gasteiger charge is -2.12. The van der Waals surface area contributed by atoms with Crippen molar-refractivity contribution in [2.24, 2.45) is 0 Å². The second-order valence-corrected chi connectivity index (χ2v) is 7.78. The molecule has 0 heterocycles. The van der Waals surface area contributed by atoms with E-state index in [0.29, 0.717) is 6.54 Å². The van der Waals surface area contributed by atoms with Crippen LogP contribution in [0.1, 0.15) is 12.5 Å². The number of thioether (sulfide) groups is 2. The van der Waals surface area contributed by atoms with Gasteiger partial charge in [-0.25, -0.2) is 0 Å².